The molecule has 2 fully saturated rings. The molecule has 1 spiro atoms. The number of rotatable bonds is 0. The van der Waals surface area contributed by atoms with Crippen molar-refractivity contribution < 1.29 is 9.53 Å². The average Bonchev–Trinajstić information content (AvgIpc) is 2.40. The second-order valence-electron chi connectivity index (χ2n) is 6.20. The molecule has 16 heavy (non-hydrogen) atoms. The molecule has 1 heterocycles. The second kappa shape index (κ2) is 3.62. The number of carbonyl (C=O) groups is 1. The first-order valence-electron chi connectivity index (χ1n) is 6.06. The van der Waals surface area contributed by atoms with Crippen molar-refractivity contribution >= 4 is 6.09 Å². The molecule has 1 amide bonds. The van der Waals surface area contributed by atoms with Gasteiger partial charge in [-0.2, -0.15) is 0 Å². The van der Waals surface area contributed by atoms with E-state index in [4.69, 9.17) is 10.5 Å². The molecule has 1 saturated heterocycles. The van der Waals surface area contributed by atoms with Crippen LogP contribution in [0.2, 0.25) is 0 Å². The first-order valence-corrected chi connectivity index (χ1v) is 6.06. The van der Waals surface area contributed by atoms with Gasteiger partial charge in [-0.25, -0.2) is 4.79 Å². The van der Waals surface area contributed by atoms with Crippen molar-refractivity contribution in [1.82, 2.24) is 4.90 Å². The molecule has 1 aliphatic heterocycles. The number of nitrogens with zero attached hydrogens (tertiary/aromatic N) is 1. The highest BCUT2D eigenvalue weighted by Crippen LogP contribution is 2.44. The summed E-state index contributed by atoms with van der Waals surface area (Å²) in [5.74, 6) is 0. The van der Waals surface area contributed by atoms with E-state index < -0.39 is 5.60 Å². The van der Waals surface area contributed by atoms with Gasteiger partial charge in [-0.1, -0.05) is 6.42 Å². The Hall–Kier alpha value is -0.770. The van der Waals surface area contributed by atoms with Gasteiger partial charge in [-0.3, -0.25) is 0 Å². The SMILES string of the molecule is CC(C)(C)OC(=O)N1CC2(CCC[C@@H]2N)C1. The highest BCUT2D eigenvalue weighted by atomic mass is 16.6. The lowest BCUT2D eigenvalue weighted by Crippen LogP contribution is -2.63. The molecule has 1 atom stereocenters. The maximum Gasteiger partial charge on any atom is 0.410 e. The van der Waals surface area contributed by atoms with E-state index in [9.17, 15) is 4.79 Å². The lowest BCUT2D eigenvalue weighted by molar-refractivity contribution is -0.0371. The summed E-state index contributed by atoms with van der Waals surface area (Å²) < 4.78 is 5.33. The summed E-state index contributed by atoms with van der Waals surface area (Å²) in [5.41, 5.74) is 5.89. The predicted molar refractivity (Wildman–Crippen MR) is 62.1 cm³/mol. The third-order valence-corrected chi connectivity index (χ3v) is 3.64. The molecule has 0 radical (unpaired) electrons. The Labute approximate surface area is 97.1 Å². The van der Waals surface area contributed by atoms with E-state index in [1.54, 1.807) is 4.90 Å². The van der Waals surface area contributed by atoms with Gasteiger partial charge < -0.3 is 15.4 Å². The van der Waals surface area contributed by atoms with Gasteiger partial charge in [-0.15, -0.1) is 0 Å². The van der Waals surface area contributed by atoms with Crippen LogP contribution in [0.4, 0.5) is 4.79 Å². The Morgan fingerprint density at radius 3 is 2.50 bits per heavy atom. The number of likely N-dealkylation sites (tertiary alicyclic amines) is 1. The van der Waals surface area contributed by atoms with Gasteiger partial charge in [0.25, 0.3) is 0 Å². The van der Waals surface area contributed by atoms with Crippen LogP contribution in [-0.2, 0) is 4.74 Å². The zero-order chi connectivity index (χ0) is 12.0. The van der Waals surface area contributed by atoms with Gasteiger partial charge in [0, 0.05) is 24.5 Å². The van der Waals surface area contributed by atoms with Crippen molar-refractivity contribution in [2.24, 2.45) is 11.1 Å². The van der Waals surface area contributed by atoms with E-state index in [1.165, 1.54) is 6.42 Å². The number of hydrogen-bond donors (Lipinski definition) is 1. The molecule has 1 aliphatic carbocycles. The van der Waals surface area contributed by atoms with E-state index in [0.717, 1.165) is 25.9 Å². The number of carbonyl (C=O) groups excluding carboxylic acids is 1. The molecule has 0 unspecified atom stereocenters. The van der Waals surface area contributed by atoms with Gasteiger partial charge in [-0.05, 0) is 33.6 Å². The number of nitrogens with two attached hydrogens (primary N) is 1. The van der Waals surface area contributed by atoms with E-state index in [0.29, 0.717) is 0 Å². The van der Waals surface area contributed by atoms with E-state index in [-0.39, 0.29) is 17.6 Å². The molecule has 92 valence electrons. The topological polar surface area (TPSA) is 55.6 Å². The summed E-state index contributed by atoms with van der Waals surface area (Å²) in [6.45, 7) is 7.23. The Morgan fingerprint density at radius 1 is 1.44 bits per heavy atom. The van der Waals surface area contributed by atoms with Gasteiger partial charge in [0.15, 0.2) is 0 Å². The summed E-state index contributed by atoms with van der Waals surface area (Å²) in [7, 11) is 0. The molecule has 0 aromatic rings. The van der Waals surface area contributed by atoms with Crippen molar-refractivity contribution in [2.75, 3.05) is 13.1 Å². The molecule has 0 aromatic carbocycles. The number of hydrogen-bond acceptors (Lipinski definition) is 3. The minimum atomic E-state index is -0.405. The molecule has 4 nitrogen and oxygen atoms in total. The Kier molecular flexibility index (Phi) is 2.65. The van der Waals surface area contributed by atoms with Crippen LogP contribution in [0.5, 0.6) is 0 Å². The molecule has 2 N–H and O–H groups in total. The summed E-state index contributed by atoms with van der Waals surface area (Å²) in [6, 6.07) is 0.270. The van der Waals surface area contributed by atoms with Crippen molar-refractivity contribution in [2.45, 2.75) is 51.7 Å². The fourth-order valence-electron chi connectivity index (χ4n) is 2.73. The number of ether oxygens (including phenoxy) is 1. The van der Waals surface area contributed by atoms with Crippen molar-refractivity contribution in [3.63, 3.8) is 0 Å². The van der Waals surface area contributed by atoms with E-state index in [2.05, 4.69) is 0 Å². The van der Waals surface area contributed by atoms with Crippen LogP contribution in [0.25, 0.3) is 0 Å². The third-order valence-electron chi connectivity index (χ3n) is 3.64. The monoisotopic (exact) mass is 226 g/mol. The van der Waals surface area contributed by atoms with Crippen molar-refractivity contribution in [1.29, 1.82) is 0 Å². The molecule has 2 rings (SSSR count). The highest BCUT2D eigenvalue weighted by molar-refractivity contribution is 5.69. The van der Waals surface area contributed by atoms with Crippen LogP contribution in [0, 0.1) is 5.41 Å². The first-order chi connectivity index (χ1) is 7.32. The maximum absolute atomic E-state index is 11.8. The van der Waals surface area contributed by atoms with Crippen LogP contribution in [0.1, 0.15) is 40.0 Å². The van der Waals surface area contributed by atoms with Crippen LogP contribution in [-0.4, -0.2) is 35.7 Å². The average molecular weight is 226 g/mol. The van der Waals surface area contributed by atoms with Gasteiger partial charge in [0.05, 0.1) is 0 Å². The molecule has 2 aliphatic rings. The minimum absolute atomic E-state index is 0.197. The Bertz CT molecular complexity index is 290. The van der Waals surface area contributed by atoms with Crippen LogP contribution >= 0.6 is 0 Å². The predicted octanol–water partition coefficient (Wildman–Crippen LogP) is 1.73. The maximum atomic E-state index is 11.8. The lowest BCUT2D eigenvalue weighted by Gasteiger charge is -2.50. The van der Waals surface area contributed by atoms with Gasteiger partial charge >= 0.3 is 6.09 Å². The number of amides is 1. The van der Waals surface area contributed by atoms with Crippen LogP contribution < -0.4 is 5.73 Å². The zero-order valence-corrected chi connectivity index (χ0v) is 10.5. The second-order valence-corrected chi connectivity index (χ2v) is 6.20. The molecule has 0 bridgehead atoms. The fraction of sp³-hybridized carbons (Fsp3) is 0.917. The van der Waals surface area contributed by atoms with Crippen LogP contribution in [0.15, 0.2) is 0 Å². The van der Waals surface area contributed by atoms with Gasteiger partial charge in [0.1, 0.15) is 5.60 Å². The molecular formula is C12H22N2O2. The highest BCUT2D eigenvalue weighted by Gasteiger charge is 2.52. The standard InChI is InChI=1S/C12H22N2O2/c1-11(2,3)16-10(15)14-7-12(8-14)6-4-5-9(12)13/h9H,4-8,13H2,1-3H3/t9-/m0/s1. The van der Waals surface area contributed by atoms with Gasteiger partial charge in [0.2, 0.25) is 0 Å². The summed E-state index contributed by atoms with van der Waals surface area (Å²) in [4.78, 5) is 13.5. The molecule has 1 saturated carbocycles. The largest absolute Gasteiger partial charge is 0.444 e. The Morgan fingerprint density at radius 2 is 2.06 bits per heavy atom. The Balaban J connectivity index is 1.86. The molecular weight excluding hydrogens is 204 g/mol. The van der Waals surface area contributed by atoms with Crippen molar-refractivity contribution in [3.8, 4) is 0 Å². The third kappa shape index (κ3) is 2.03. The minimum Gasteiger partial charge on any atom is -0.444 e. The lowest BCUT2D eigenvalue weighted by atomic mass is 9.76. The van der Waals surface area contributed by atoms with E-state index >= 15 is 0 Å². The zero-order valence-electron chi connectivity index (χ0n) is 10.5. The quantitative estimate of drug-likeness (QED) is 0.684. The van der Waals surface area contributed by atoms with Crippen LogP contribution in [0.3, 0.4) is 0 Å². The normalized spacial score (nSPS) is 28.0. The first kappa shape index (κ1) is 11.7. The van der Waals surface area contributed by atoms with Crippen molar-refractivity contribution in [3.05, 3.63) is 0 Å². The molecule has 0 aromatic heterocycles. The fourth-order valence-corrected chi connectivity index (χ4v) is 2.73. The summed E-state index contributed by atoms with van der Waals surface area (Å²) in [6.07, 6.45) is 3.26. The van der Waals surface area contributed by atoms with E-state index in [1.807, 2.05) is 20.8 Å². The summed E-state index contributed by atoms with van der Waals surface area (Å²) in [5, 5.41) is 0. The summed E-state index contributed by atoms with van der Waals surface area (Å²) >= 11 is 0. The molecule has 4 heteroatoms. The smallest absolute Gasteiger partial charge is 0.410 e.